The van der Waals surface area contributed by atoms with E-state index in [0.29, 0.717) is 25.7 Å². The molecule has 0 aliphatic carbocycles. The molecule has 0 aliphatic heterocycles. The quantitative estimate of drug-likeness (QED) is 0.0222. The summed E-state index contributed by atoms with van der Waals surface area (Å²) < 4.78 is 68.8. The molecule has 3 unspecified atom stereocenters. The Morgan fingerprint density at radius 2 is 0.505 bits per heavy atom. The zero-order chi connectivity index (χ0) is 74.2. The third kappa shape index (κ3) is 74.7. The molecule has 101 heavy (non-hydrogen) atoms. The van der Waals surface area contributed by atoms with Crippen molar-refractivity contribution in [3.8, 4) is 0 Å². The van der Waals surface area contributed by atoms with Crippen LogP contribution in [0.2, 0.25) is 0 Å². The van der Waals surface area contributed by atoms with E-state index >= 15 is 0 Å². The molecule has 0 aromatic rings. The maximum absolute atomic E-state index is 13.1. The monoisotopic (exact) mass is 1480 g/mol. The molecule has 600 valence electrons. The van der Waals surface area contributed by atoms with E-state index < -0.39 is 97.5 Å². The zero-order valence-electron chi connectivity index (χ0n) is 66.2. The third-order valence-electron chi connectivity index (χ3n) is 19.6. The summed E-state index contributed by atoms with van der Waals surface area (Å²) in [5.41, 5.74) is 0. The fraction of sp³-hybridized carbons (Fsp3) is 0.951. The van der Waals surface area contributed by atoms with Gasteiger partial charge in [0.1, 0.15) is 19.3 Å². The third-order valence-corrected chi connectivity index (χ3v) is 21.5. The molecular weight excluding hydrogens is 1320 g/mol. The molecule has 0 spiro atoms. The van der Waals surface area contributed by atoms with Crippen LogP contribution in [-0.4, -0.2) is 96.7 Å². The van der Waals surface area contributed by atoms with Gasteiger partial charge in [-0.25, -0.2) is 9.13 Å². The highest BCUT2D eigenvalue weighted by Gasteiger charge is 2.30. The summed E-state index contributed by atoms with van der Waals surface area (Å²) in [4.78, 5) is 73.1. The second-order valence-corrected chi connectivity index (χ2v) is 33.1. The predicted molar refractivity (Wildman–Crippen MR) is 414 cm³/mol. The van der Waals surface area contributed by atoms with Crippen LogP contribution in [0.1, 0.15) is 433 Å². The molecule has 0 aromatic carbocycles. The van der Waals surface area contributed by atoms with E-state index in [1.165, 1.54) is 250 Å². The molecule has 0 aromatic heterocycles. The van der Waals surface area contributed by atoms with Crippen LogP contribution < -0.4 is 0 Å². The molecule has 0 saturated carbocycles. The number of unbranched alkanes of at least 4 members (excludes halogenated alkanes) is 50. The Morgan fingerprint density at radius 1 is 0.287 bits per heavy atom. The first-order valence-electron chi connectivity index (χ1n) is 42.5. The van der Waals surface area contributed by atoms with Crippen LogP contribution >= 0.6 is 15.6 Å². The van der Waals surface area contributed by atoms with Crippen molar-refractivity contribution in [2.24, 2.45) is 11.8 Å². The van der Waals surface area contributed by atoms with E-state index in [4.69, 9.17) is 37.0 Å². The number of ether oxygens (including phenoxy) is 4. The molecule has 0 bridgehead atoms. The van der Waals surface area contributed by atoms with Gasteiger partial charge in [0.05, 0.1) is 26.4 Å². The summed E-state index contributed by atoms with van der Waals surface area (Å²) in [6.07, 6.45) is 63.7. The van der Waals surface area contributed by atoms with Gasteiger partial charge in [0, 0.05) is 25.7 Å². The SMILES string of the molecule is CCCCCCCCCCCCCCCCCCCC(=O)OC[C@H](COP(=O)(O)OC[C@@H](O)COP(=O)(O)OC[C@@H](COC(=O)CCCCCCCCCCC(C)CC)OC(=O)CCCCCCCCCCCCCCC(C)C)OC(=O)CCCCCCCCCCCCCCCCCCC. The van der Waals surface area contributed by atoms with Gasteiger partial charge in [-0.15, -0.1) is 0 Å². The molecule has 0 saturated heterocycles. The van der Waals surface area contributed by atoms with Crippen molar-refractivity contribution in [3.63, 3.8) is 0 Å². The Labute approximate surface area is 619 Å². The van der Waals surface area contributed by atoms with Crippen molar-refractivity contribution in [1.29, 1.82) is 0 Å². The number of phosphoric acid groups is 2. The summed E-state index contributed by atoms with van der Waals surface area (Å²) in [6.45, 7) is 9.66. The highest BCUT2D eigenvalue weighted by Crippen LogP contribution is 2.45. The van der Waals surface area contributed by atoms with Gasteiger partial charge in [0.25, 0.3) is 0 Å². The zero-order valence-corrected chi connectivity index (χ0v) is 68.0. The van der Waals surface area contributed by atoms with Gasteiger partial charge in [0.15, 0.2) is 12.2 Å². The lowest BCUT2D eigenvalue weighted by atomic mass is 9.99. The number of hydrogen-bond donors (Lipinski definition) is 3. The Hall–Kier alpha value is -1.94. The molecular formula is C82H160O17P2. The fourth-order valence-electron chi connectivity index (χ4n) is 12.7. The van der Waals surface area contributed by atoms with Crippen LogP contribution in [0.25, 0.3) is 0 Å². The normalized spacial score (nSPS) is 14.2. The Morgan fingerprint density at radius 3 is 0.752 bits per heavy atom. The molecule has 0 heterocycles. The Bertz CT molecular complexity index is 1940. The van der Waals surface area contributed by atoms with Crippen molar-refractivity contribution in [3.05, 3.63) is 0 Å². The van der Waals surface area contributed by atoms with E-state index in [1.807, 2.05) is 0 Å². The van der Waals surface area contributed by atoms with Gasteiger partial charge in [-0.05, 0) is 37.5 Å². The maximum Gasteiger partial charge on any atom is 0.472 e. The molecule has 19 heteroatoms. The maximum atomic E-state index is 13.1. The minimum Gasteiger partial charge on any atom is -0.462 e. The largest absolute Gasteiger partial charge is 0.472 e. The van der Waals surface area contributed by atoms with Gasteiger partial charge in [-0.1, -0.05) is 382 Å². The number of phosphoric ester groups is 2. The average Bonchev–Trinajstić information content (AvgIpc) is 1.16. The van der Waals surface area contributed by atoms with Gasteiger partial charge >= 0.3 is 39.5 Å². The van der Waals surface area contributed by atoms with Crippen molar-refractivity contribution >= 4 is 39.5 Å². The number of carbonyl (C=O) groups is 4. The van der Waals surface area contributed by atoms with E-state index in [2.05, 4.69) is 41.5 Å². The summed E-state index contributed by atoms with van der Waals surface area (Å²) in [5.74, 6) is -0.552. The van der Waals surface area contributed by atoms with E-state index in [-0.39, 0.29) is 25.7 Å². The van der Waals surface area contributed by atoms with Gasteiger partial charge in [-0.2, -0.15) is 0 Å². The van der Waals surface area contributed by atoms with Crippen LogP contribution in [0.4, 0.5) is 0 Å². The number of aliphatic hydroxyl groups excluding tert-OH is 1. The highest BCUT2D eigenvalue weighted by molar-refractivity contribution is 7.47. The minimum absolute atomic E-state index is 0.107. The van der Waals surface area contributed by atoms with E-state index in [9.17, 15) is 43.2 Å². The first kappa shape index (κ1) is 99.1. The summed E-state index contributed by atoms with van der Waals surface area (Å²) in [7, 11) is -9.92. The number of rotatable bonds is 81. The molecule has 0 fully saturated rings. The smallest absolute Gasteiger partial charge is 0.462 e. The van der Waals surface area contributed by atoms with Crippen molar-refractivity contribution in [2.45, 2.75) is 452 Å². The lowest BCUT2D eigenvalue weighted by molar-refractivity contribution is -0.161. The second kappa shape index (κ2) is 73.6. The van der Waals surface area contributed by atoms with Crippen molar-refractivity contribution in [1.82, 2.24) is 0 Å². The standard InChI is InChI=1S/C82H160O17P2/c1-7-10-12-14-16-18-20-22-24-26-28-30-35-39-46-52-58-64-79(84)92-70-77(98-81(86)66-60-54-48-40-36-31-29-27-25-23-21-19-17-15-13-11-8-2)72-96-100(88,89)94-68-76(83)69-95-101(90,91)97-73-78(71-93-80(85)65-59-53-47-43-42-45-51-57-63-75(6)9-3)99-82(87)67-61-55-49-41-37-33-32-34-38-44-50-56-62-74(4)5/h74-78,83H,7-73H2,1-6H3,(H,88,89)(H,90,91)/t75?,76-,77-,78-/m1/s1. The van der Waals surface area contributed by atoms with Gasteiger partial charge in [-0.3, -0.25) is 37.3 Å². The second-order valence-electron chi connectivity index (χ2n) is 30.2. The fourth-order valence-corrected chi connectivity index (χ4v) is 14.3. The van der Waals surface area contributed by atoms with Crippen LogP contribution in [0.3, 0.4) is 0 Å². The van der Waals surface area contributed by atoms with E-state index in [1.54, 1.807) is 0 Å². The molecule has 0 aliphatic rings. The van der Waals surface area contributed by atoms with Crippen LogP contribution in [0, 0.1) is 11.8 Å². The number of aliphatic hydroxyl groups is 1. The lowest BCUT2D eigenvalue weighted by Crippen LogP contribution is -2.30. The Balaban J connectivity index is 5.27. The van der Waals surface area contributed by atoms with Crippen molar-refractivity contribution in [2.75, 3.05) is 39.6 Å². The molecule has 6 atom stereocenters. The van der Waals surface area contributed by atoms with E-state index in [0.717, 1.165) is 102 Å². The van der Waals surface area contributed by atoms with Crippen molar-refractivity contribution < 1.29 is 80.2 Å². The summed E-state index contributed by atoms with van der Waals surface area (Å²) >= 11 is 0. The number of carbonyl (C=O) groups excluding carboxylic acids is 4. The lowest BCUT2D eigenvalue weighted by Gasteiger charge is -2.21. The van der Waals surface area contributed by atoms with Gasteiger partial charge < -0.3 is 33.8 Å². The van der Waals surface area contributed by atoms with Crippen LogP contribution in [0.5, 0.6) is 0 Å². The first-order valence-corrected chi connectivity index (χ1v) is 45.5. The van der Waals surface area contributed by atoms with Crippen LogP contribution in [-0.2, 0) is 65.4 Å². The number of hydrogen-bond acceptors (Lipinski definition) is 15. The van der Waals surface area contributed by atoms with Gasteiger partial charge in [0.2, 0.25) is 0 Å². The van der Waals surface area contributed by atoms with Crippen LogP contribution in [0.15, 0.2) is 0 Å². The molecule has 17 nitrogen and oxygen atoms in total. The molecule has 0 amide bonds. The summed E-state index contributed by atoms with van der Waals surface area (Å²) in [5, 5.41) is 10.7. The summed E-state index contributed by atoms with van der Waals surface area (Å²) in [6, 6.07) is 0. The molecule has 0 radical (unpaired) electrons. The highest BCUT2D eigenvalue weighted by atomic mass is 31.2. The first-order chi connectivity index (χ1) is 48.9. The minimum atomic E-state index is -4.96. The molecule has 0 rings (SSSR count). The average molecular weight is 1480 g/mol. The Kier molecular flexibility index (Phi) is 72.2. The number of esters is 4. The molecule has 3 N–H and O–H groups in total. The predicted octanol–water partition coefficient (Wildman–Crippen LogP) is 24.7. The topological polar surface area (TPSA) is 237 Å².